The van der Waals surface area contributed by atoms with E-state index >= 15 is 0 Å². The fourth-order valence-corrected chi connectivity index (χ4v) is 2.99. The Morgan fingerprint density at radius 3 is 2.70 bits per heavy atom. The number of rotatable bonds is 3. The molecular weight excluding hydrogens is 293 g/mol. The third-order valence-corrected chi connectivity index (χ3v) is 4.02. The van der Waals surface area contributed by atoms with Gasteiger partial charge in [-0.3, -0.25) is 4.79 Å². The fourth-order valence-electron chi connectivity index (χ4n) is 2.99. The highest BCUT2D eigenvalue weighted by atomic mass is 19.1. The van der Waals surface area contributed by atoms with Crippen LogP contribution in [0.4, 0.5) is 4.39 Å². The summed E-state index contributed by atoms with van der Waals surface area (Å²) in [6.07, 6.45) is 0.708. The molecule has 0 bridgehead atoms. The van der Waals surface area contributed by atoms with Gasteiger partial charge < -0.3 is 10.1 Å². The lowest BCUT2D eigenvalue weighted by Gasteiger charge is -2.37. The van der Waals surface area contributed by atoms with Crippen molar-refractivity contribution in [2.75, 3.05) is 0 Å². The van der Waals surface area contributed by atoms with Gasteiger partial charge in [0, 0.05) is 12.0 Å². The molecular formula is C19H20FNO2. The minimum absolute atomic E-state index is 0.0344. The van der Waals surface area contributed by atoms with E-state index in [2.05, 4.69) is 5.32 Å². The second-order valence-corrected chi connectivity index (χ2v) is 6.49. The average molecular weight is 313 g/mol. The Kier molecular flexibility index (Phi) is 4.07. The van der Waals surface area contributed by atoms with Gasteiger partial charge in [-0.05, 0) is 31.5 Å². The van der Waals surface area contributed by atoms with Gasteiger partial charge in [0.05, 0.1) is 12.5 Å². The summed E-state index contributed by atoms with van der Waals surface area (Å²) in [5.74, 6) is 0.253. The van der Waals surface area contributed by atoms with E-state index in [-0.39, 0.29) is 29.8 Å². The minimum Gasteiger partial charge on any atom is -0.487 e. The zero-order valence-electron chi connectivity index (χ0n) is 13.3. The van der Waals surface area contributed by atoms with Gasteiger partial charge in [-0.25, -0.2) is 4.39 Å². The van der Waals surface area contributed by atoms with Crippen molar-refractivity contribution < 1.29 is 13.9 Å². The zero-order valence-corrected chi connectivity index (χ0v) is 13.3. The number of carbonyl (C=O) groups is 1. The van der Waals surface area contributed by atoms with Gasteiger partial charge in [-0.15, -0.1) is 0 Å². The number of benzene rings is 2. The van der Waals surface area contributed by atoms with Crippen LogP contribution in [0, 0.1) is 5.82 Å². The number of carbonyl (C=O) groups excluding carboxylic acids is 1. The van der Waals surface area contributed by atoms with Crippen LogP contribution in [0.25, 0.3) is 0 Å². The molecule has 1 heterocycles. The highest BCUT2D eigenvalue weighted by Gasteiger charge is 2.34. The van der Waals surface area contributed by atoms with Gasteiger partial charge in [0.1, 0.15) is 17.2 Å². The molecule has 1 aliphatic heterocycles. The van der Waals surface area contributed by atoms with E-state index in [4.69, 9.17) is 4.74 Å². The lowest BCUT2D eigenvalue weighted by atomic mass is 9.89. The van der Waals surface area contributed by atoms with Gasteiger partial charge in [0.25, 0.3) is 0 Å². The van der Waals surface area contributed by atoms with Gasteiger partial charge in [0.15, 0.2) is 0 Å². The Bertz CT molecular complexity index is 727. The van der Waals surface area contributed by atoms with E-state index in [1.165, 1.54) is 6.07 Å². The molecule has 0 saturated heterocycles. The van der Waals surface area contributed by atoms with Crippen molar-refractivity contribution in [1.29, 1.82) is 0 Å². The molecule has 1 N–H and O–H groups in total. The molecule has 3 rings (SSSR count). The number of para-hydroxylation sites is 1. The maximum Gasteiger partial charge on any atom is 0.225 e. The lowest BCUT2D eigenvalue weighted by molar-refractivity contribution is -0.121. The number of ether oxygens (including phenoxy) is 1. The minimum atomic E-state index is -0.357. The smallest absolute Gasteiger partial charge is 0.225 e. The summed E-state index contributed by atoms with van der Waals surface area (Å²) < 4.78 is 19.6. The predicted octanol–water partition coefficient (Wildman–Crippen LogP) is 3.79. The Morgan fingerprint density at radius 2 is 1.91 bits per heavy atom. The second-order valence-electron chi connectivity index (χ2n) is 6.49. The molecule has 4 heteroatoms. The fraction of sp³-hybridized carbons (Fsp3) is 0.316. The van der Waals surface area contributed by atoms with Crippen molar-refractivity contribution in [1.82, 2.24) is 5.32 Å². The quantitative estimate of drug-likeness (QED) is 0.936. The summed E-state index contributed by atoms with van der Waals surface area (Å²) in [4.78, 5) is 12.3. The molecule has 0 spiro atoms. The summed E-state index contributed by atoms with van der Waals surface area (Å²) in [5.41, 5.74) is 1.02. The average Bonchev–Trinajstić information content (AvgIpc) is 2.48. The van der Waals surface area contributed by atoms with Crippen molar-refractivity contribution >= 4 is 5.91 Å². The molecule has 0 radical (unpaired) electrons. The molecule has 0 aliphatic carbocycles. The Hall–Kier alpha value is -2.36. The van der Waals surface area contributed by atoms with Crippen LogP contribution in [-0.2, 0) is 11.2 Å². The monoisotopic (exact) mass is 313 g/mol. The van der Waals surface area contributed by atoms with E-state index in [1.54, 1.807) is 18.2 Å². The topological polar surface area (TPSA) is 38.3 Å². The van der Waals surface area contributed by atoms with Crippen molar-refractivity contribution in [3.63, 3.8) is 0 Å². The summed E-state index contributed by atoms with van der Waals surface area (Å²) in [7, 11) is 0. The van der Waals surface area contributed by atoms with Crippen molar-refractivity contribution in [2.24, 2.45) is 0 Å². The van der Waals surface area contributed by atoms with Crippen LogP contribution in [0.2, 0.25) is 0 Å². The number of fused-ring (bicyclic) bond motifs is 1. The maximum absolute atomic E-state index is 13.7. The van der Waals surface area contributed by atoms with Gasteiger partial charge >= 0.3 is 0 Å². The Labute approximate surface area is 135 Å². The predicted molar refractivity (Wildman–Crippen MR) is 86.8 cm³/mol. The molecule has 1 aliphatic rings. The molecule has 0 aromatic heterocycles. The van der Waals surface area contributed by atoms with Gasteiger partial charge in [-0.1, -0.05) is 36.4 Å². The van der Waals surface area contributed by atoms with Crippen LogP contribution in [-0.4, -0.2) is 11.5 Å². The Balaban J connectivity index is 1.77. The summed E-state index contributed by atoms with van der Waals surface area (Å²) in [5, 5.41) is 3.02. The molecule has 2 aromatic carbocycles. The third-order valence-electron chi connectivity index (χ3n) is 4.02. The summed E-state index contributed by atoms with van der Waals surface area (Å²) >= 11 is 0. The van der Waals surface area contributed by atoms with Crippen LogP contribution < -0.4 is 10.1 Å². The first-order valence-electron chi connectivity index (χ1n) is 7.75. The molecule has 23 heavy (non-hydrogen) atoms. The largest absolute Gasteiger partial charge is 0.487 e. The standard InChI is InChI=1S/C19H20FNO2/c1-19(2)12-16(14-8-4-6-10-17(14)23-19)21-18(22)11-13-7-3-5-9-15(13)20/h3-10,16H,11-12H2,1-2H3,(H,21,22)/t16-/m0/s1. The first-order valence-corrected chi connectivity index (χ1v) is 7.75. The van der Waals surface area contributed by atoms with Crippen molar-refractivity contribution in [2.45, 2.75) is 38.3 Å². The molecule has 0 saturated carbocycles. The van der Waals surface area contributed by atoms with E-state index in [0.717, 1.165) is 11.3 Å². The SMILES string of the molecule is CC1(C)C[C@H](NC(=O)Cc2ccccc2F)c2ccccc2O1. The first-order chi connectivity index (χ1) is 10.9. The van der Waals surface area contributed by atoms with Gasteiger partial charge in [0.2, 0.25) is 5.91 Å². The first kappa shape index (κ1) is 15.5. The molecule has 120 valence electrons. The van der Waals surface area contributed by atoms with Crippen LogP contribution in [0.1, 0.15) is 37.4 Å². The second kappa shape index (κ2) is 6.03. The highest BCUT2D eigenvalue weighted by Crippen LogP contribution is 2.39. The highest BCUT2D eigenvalue weighted by molar-refractivity contribution is 5.79. The van der Waals surface area contributed by atoms with Crippen molar-refractivity contribution in [3.05, 3.63) is 65.5 Å². The molecule has 2 aromatic rings. The van der Waals surface area contributed by atoms with E-state index in [9.17, 15) is 9.18 Å². The van der Waals surface area contributed by atoms with Crippen LogP contribution in [0.5, 0.6) is 5.75 Å². The normalized spacial score (nSPS) is 18.7. The number of hydrogen-bond donors (Lipinski definition) is 1. The zero-order chi connectivity index (χ0) is 16.4. The molecule has 1 atom stereocenters. The molecule has 3 nitrogen and oxygen atoms in total. The Morgan fingerprint density at radius 1 is 1.22 bits per heavy atom. The lowest BCUT2D eigenvalue weighted by Crippen LogP contribution is -2.41. The van der Waals surface area contributed by atoms with E-state index < -0.39 is 0 Å². The van der Waals surface area contributed by atoms with Crippen LogP contribution in [0.15, 0.2) is 48.5 Å². The number of halogens is 1. The number of hydrogen-bond acceptors (Lipinski definition) is 2. The molecule has 0 fully saturated rings. The summed E-state index contributed by atoms with van der Waals surface area (Å²) in [6.45, 7) is 4.00. The van der Waals surface area contributed by atoms with Crippen LogP contribution >= 0.6 is 0 Å². The molecule has 1 amide bonds. The van der Waals surface area contributed by atoms with Gasteiger partial charge in [-0.2, -0.15) is 0 Å². The number of amides is 1. The van der Waals surface area contributed by atoms with E-state index in [0.29, 0.717) is 12.0 Å². The molecule has 0 unspecified atom stereocenters. The number of nitrogens with one attached hydrogen (secondary N) is 1. The maximum atomic E-state index is 13.7. The summed E-state index contributed by atoms with van der Waals surface area (Å²) in [6, 6.07) is 13.9. The van der Waals surface area contributed by atoms with Crippen molar-refractivity contribution in [3.8, 4) is 5.75 Å². The van der Waals surface area contributed by atoms with Crippen LogP contribution in [0.3, 0.4) is 0 Å². The van der Waals surface area contributed by atoms with E-state index in [1.807, 2.05) is 38.1 Å². The third kappa shape index (κ3) is 3.52.